The van der Waals surface area contributed by atoms with Gasteiger partial charge in [0.1, 0.15) is 5.75 Å². The van der Waals surface area contributed by atoms with Crippen molar-refractivity contribution in [3.63, 3.8) is 0 Å². The molecule has 0 spiro atoms. The summed E-state index contributed by atoms with van der Waals surface area (Å²) in [4.78, 5) is 21.3. The molecule has 0 aliphatic rings. The summed E-state index contributed by atoms with van der Waals surface area (Å²) in [5.74, 6) is 0.293. The van der Waals surface area contributed by atoms with Gasteiger partial charge in [-0.2, -0.15) is 0 Å². The molecule has 0 aliphatic heterocycles. The van der Waals surface area contributed by atoms with E-state index in [1.807, 2.05) is 0 Å². The van der Waals surface area contributed by atoms with E-state index in [1.165, 1.54) is 0 Å². The van der Waals surface area contributed by atoms with Gasteiger partial charge in [0.15, 0.2) is 0 Å². The van der Waals surface area contributed by atoms with Crippen LogP contribution in [-0.4, -0.2) is 19.4 Å². The maximum Gasteiger partial charge on any atom is 0.524 e. The average Bonchev–Trinajstić information content (AvgIpc) is 2.19. The van der Waals surface area contributed by atoms with Crippen molar-refractivity contribution in [3.8, 4) is 5.75 Å². The molecule has 0 aliphatic carbocycles. The third-order valence-electron chi connectivity index (χ3n) is 1.28. The second-order valence-electron chi connectivity index (χ2n) is 2.22. The van der Waals surface area contributed by atoms with E-state index in [0.717, 1.165) is 7.11 Å². The van der Waals surface area contributed by atoms with Crippen molar-refractivity contribution >= 4 is 12.3 Å². The van der Waals surface area contributed by atoms with E-state index in [2.05, 4.69) is 14.2 Å². The molecule has 0 bridgehead atoms. The molecule has 0 aromatic heterocycles. The lowest BCUT2D eigenvalue weighted by atomic mass is 10.3. The third kappa shape index (κ3) is 3.14. The summed E-state index contributed by atoms with van der Waals surface area (Å²) in [5.41, 5.74) is 0. The lowest BCUT2D eigenvalue weighted by molar-refractivity contribution is 0.0715. The van der Waals surface area contributed by atoms with Gasteiger partial charge in [0.05, 0.1) is 7.11 Å². The Hall–Kier alpha value is -2.04. The third-order valence-corrected chi connectivity index (χ3v) is 1.28. The molecule has 0 saturated carbocycles. The van der Waals surface area contributed by atoms with E-state index >= 15 is 0 Å². The predicted molar refractivity (Wildman–Crippen MR) is 46.0 cm³/mol. The summed E-state index contributed by atoms with van der Waals surface area (Å²) in [6, 6.07) is 8.23. The van der Waals surface area contributed by atoms with Gasteiger partial charge in [0.25, 0.3) is 0 Å². The molecule has 0 N–H and O–H groups in total. The Morgan fingerprint density at radius 1 is 1.07 bits per heavy atom. The zero-order chi connectivity index (χ0) is 10.4. The van der Waals surface area contributed by atoms with E-state index in [4.69, 9.17) is 0 Å². The number of hydrogen-bond acceptors (Lipinski definition) is 5. The molecule has 0 unspecified atom stereocenters. The van der Waals surface area contributed by atoms with Crippen LogP contribution in [0.2, 0.25) is 0 Å². The normalized spacial score (nSPS) is 8.93. The number of methoxy groups -OCH3 is 1. The number of ether oxygens (including phenoxy) is 3. The molecule has 14 heavy (non-hydrogen) atoms. The average molecular weight is 196 g/mol. The molecule has 0 heterocycles. The van der Waals surface area contributed by atoms with E-state index in [-0.39, 0.29) is 0 Å². The SMILES string of the molecule is COC(=O)OC(=O)Oc1ccccc1. The topological polar surface area (TPSA) is 61.8 Å². The van der Waals surface area contributed by atoms with Gasteiger partial charge >= 0.3 is 12.3 Å². The zero-order valence-corrected chi connectivity index (χ0v) is 7.43. The molecular weight excluding hydrogens is 188 g/mol. The minimum Gasteiger partial charge on any atom is -0.437 e. The van der Waals surface area contributed by atoms with Crippen LogP contribution in [0.15, 0.2) is 30.3 Å². The highest BCUT2D eigenvalue weighted by atomic mass is 16.8. The van der Waals surface area contributed by atoms with E-state index in [9.17, 15) is 9.59 Å². The van der Waals surface area contributed by atoms with Gasteiger partial charge < -0.3 is 14.2 Å². The van der Waals surface area contributed by atoms with Gasteiger partial charge in [-0.05, 0) is 12.1 Å². The molecule has 74 valence electrons. The monoisotopic (exact) mass is 196 g/mol. The standard InChI is InChI=1S/C9H8O5/c1-12-8(10)14-9(11)13-7-5-3-2-4-6-7/h2-6H,1H3. The van der Waals surface area contributed by atoms with Crippen LogP contribution < -0.4 is 4.74 Å². The molecule has 1 rings (SSSR count). The maximum absolute atomic E-state index is 10.8. The van der Waals surface area contributed by atoms with Crippen LogP contribution in [0.5, 0.6) is 5.75 Å². The van der Waals surface area contributed by atoms with Crippen LogP contribution in [0.3, 0.4) is 0 Å². The summed E-state index contributed by atoms with van der Waals surface area (Å²) >= 11 is 0. The molecule has 5 heteroatoms. The fraction of sp³-hybridized carbons (Fsp3) is 0.111. The Morgan fingerprint density at radius 3 is 2.29 bits per heavy atom. The van der Waals surface area contributed by atoms with Crippen LogP contribution in [-0.2, 0) is 9.47 Å². The first kappa shape index (κ1) is 10.0. The molecular formula is C9H8O5. The van der Waals surface area contributed by atoms with Crippen molar-refractivity contribution in [1.29, 1.82) is 0 Å². The molecule has 0 fully saturated rings. The Labute approximate surface area is 80.2 Å². The minimum atomic E-state index is -1.12. The molecule has 0 amide bonds. The van der Waals surface area contributed by atoms with Crippen molar-refractivity contribution in [2.45, 2.75) is 0 Å². The van der Waals surface area contributed by atoms with Crippen molar-refractivity contribution in [1.82, 2.24) is 0 Å². The van der Waals surface area contributed by atoms with Gasteiger partial charge in [-0.25, -0.2) is 9.59 Å². The van der Waals surface area contributed by atoms with Gasteiger partial charge in [0.2, 0.25) is 0 Å². The van der Waals surface area contributed by atoms with Crippen molar-refractivity contribution in [3.05, 3.63) is 30.3 Å². The van der Waals surface area contributed by atoms with E-state index in [0.29, 0.717) is 5.75 Å². The van der Waals surface area contributed by atoms with Crippen LogP contribution in [0.25, 0.3) is 0 Å². The van der Waals surface area contributed by atoms with E-state index in [1.54, 1.807) is 30.3 Å². The lowest BCUT2D eigenvalue weighted by Crippen LogP contribution is -2.15. The van der Waals surface area contributed by atoms with Gasteiger partial charge in [-0.15, -0.1) is 0 Å². The number of benzene rings is 1. The second-order valence-corrected chi connectivity index (χ2v) is 2.22. The lowest BCUT2D eigenvalue weighted by Gasteiger charge is -2.02. The number of para-hydroxylation sites is 1. The summed E-state index contributed by atoms with van der Waals surface area (Å²) in [5, 5.41) is 0. The number of hydrogen-bond donors (Lipinski definition) is 0. The Balaban J connectivity index is 2.46. The van der Waals surface area contributed by atoms with Crippen molar-refractivity contribution < 1.29 is 23.8 Å². The highest BCUT2D eigenvalue weighted by molar-refractivity contribution is 5.78. The maximum atomic E-state index is 10.8. The molecule has 0 atom stereocenters. The van der Waals surface area contributed by atoms with Crippen LogP contribution in [0, 0.1) is 0 Å². The quantitative estimate of drug-likeness (QED) is 0.390. The molecule has 1 aromatic rings. The van der Waals surface area contributed by atoms with Gasteiger partial charge in [-0.1, -0.05) is 18.2 Å². The molecule has 1 aromatic carbocycles. The van der Waals surface area contributed by atoms with Crippen molar-refractivity contribution in [2.24, 2.45) is 0 Å². The number of carbonyl (C=O) groups excluding carboxylic acids is 2. The zero-order valence-electron chi connectivity index (χ0n) is 7.43. The minimum absolute atomic E-state index is 0.293. The first-order valence-corrected chi connectivity index (χ1v) is 3.75. The Morgan fingerprint density at radius 2 is 1.71 bits per heavy atom. The van der Waals surface area contributed by atoms with Crippen LogP contribution >= 0.6 is 0 Å². The summed E-state index contributed by atoms with van der Waals surface area (Å²) in [6.45, 7) is 0. The molecule has 0 saturated heterocycles. The number of rotatable bonds is 1. The molecule has 5 nitrogen and oxygen atoms in total. The van der Waals surface area contributed by atoms with Gasteiger partial charge in [0, 0.05) is 0 Å². The first-order chi connectivity index (χ1) is 6.72. The summed E-state index contributed by atoms with van der Waals surface area (Å²) < 4.78 is 12.8. The highest BCUT2D eigenvalue weighted by Gasteiger charge is 2.11. The van der Waals surface area contributed by atoms with Crippen LogP contribution in [0.1, 0.15) is 0 Å². The smallest absolute Gasteiger partial charge is 0.437 e. The predicted octanol–water partition coefficient (Wildman–Crippen LogP) is 1.97. The van der Waals surface area contributed by atoms with Crippen molar-refractivity contribution in [2.75, 3.05) is 7.11 Å². The number of carbonyl (C=O) groups is 2. The first-order valence-electron chi connectivity index (χ1n) is 3.75. The summed E-state index contributed by atoms with van der Waals surface area (Å²) in [7, 11) is 1.10. The fourth-order valence-electron chi connectivity index (χ4n) is 0.715. The highest BCUT2D eigenvalue weighted by Crippen LogP contribution is 2.09. The Kier molecular flexibility index (Phi) is 3.49. The van der Waals surface area contributed by atoms with Gasteiger partial charge in [-0.3, -0.25) is 0 Å². The largest absolute Gasteiger partial charge is 0.524 e. The molecule has 0 radical (unpaired) electrons. The Bertz CT molecular complexity index is 319. The summed E-state index contributed by atoms with van der Waals surface area (Å²) in [6.07, 6.45) is -2.23. The van der Waals surface area contributed by atoms with Crippen LogP contribution in [0.4, 0.5) is 9.59 Å². The van der Waals surface area contributed by atoms with E-state index < -0.39 is 12.3 Å². The second kappa shape index (κ2) is 4.86. The fourth-order valence-corrected chi connectivity index (χ4v) is 0.715.